The van der Waals surface area contributed by atoms with Crippen LogP contribution in [0.5, 0.6) is 0 Å². The maximum Gasteiger partial charge on any atom is 0.265 e. The summed E-state index contributed by atoms with van der Waals surface area (Å²) >= 11 is 0. The normalized spacial score (nSPS) is 22.4. The second-order valence-corrected chi connectivity index (χ2v) is 12.2. The number of aryl methyl sites for hydroxylation is 1. The van der Waals surface area contributed by atoms with Crippen LogP contribution in [0.2, 0.25) is 0 Å². The van der Waals surface area contributed by atoms with Gasteiger partial charge in [-0.3, -0.25) is 14.5 Å². The molecule has 2 aliphatic carbocycles. The predicted molar refractivity (Wildman–Crippen MR) is 128 cm³/mol. The minimum atomic E-state index is -3.28. The lowest BCUT2D eigenvalue weighted by molar-refractivity contribution is 0.0782. The molecule has 2 heterocycles. The number of nitrogens with zero attached hydrogens (tertiary/aromatic N) is 2. The van der Waals surface area contributed by atoms with Gasteiger partial charge in [0.05, 0.1) is 21.8 Å². The van der Waals surface area contributed by atoms with Crippen LogP contribution in [0.1, 0.15) is 79.0 Å². The van der Waals surface area contributed by atoms with E-state index in [4.69, 9.17) is 4.98 Å². The lowest BCUT2D eigenvalue weighted by Crippen LogP contribution is -2.22. The highest BCUT2D eigenvalue weighted by Gasteiger charge is 2.37. The van der Waals surface area contributed by atoms with Crippen molar-refractivity contribution in [2.45, 2.75) is 75.7 Å². The SMILES string of the molecule is C=C(N=S1(=O)NC(=O)c2ccc(C(C)(C)O)cc21)Nc1c2c(nc3c1CCC3(C)C)CCC2. The first-order chi connectivity index (χ1) is 15.4. The van der Waals surface area contributed by atoms with Crippen molar-refractivity contribution < 1.29 is 14.1 Å². The lowest BCUT2D eigenvalue weighted by atomic mass is 9.90. The van der Waals surface area contributed by atoms with Crippen molar-refractivity contribution in [2.24, 2.45) is 4.36 Å². The van der Waals surface area contributed by atoms with E-state index in [9.17, 15) is 14.1 Å². The molecule has 1 aromatic heterocycles. The summed E-state index contributed by atoms with van der Waals surface area (Å²) in [7, 11) is -3.28. The maximum absolute atomic E-state index is 13.8. The zero-order valence-electron chi connectivity index (χ0n) is 19.5. The van der Waals surface area contributed by atoms with E-state index in [1.165, 1.54) is 11.1 Å². The number of aromatic nitrogens is 1. The van der Waals surface area contributed by atoms with E-state index < -0.39 is 21.4 Å². The monoisotopic (exact) mass is 466 g/mol. The highest BCUT2D eigenvalue weighted by molar-refractivity contribution is 7.93. The fourth-order valence-electron chi connectivity index (χ4n) is 5.08. The quantitative estimate of drug-likeness (QED) is 0.630. The number of nitrogens with one attached hydrogen (secondary N) is 2. The Morgan fingerprint density at radius 2 is 2.03 bits per heavy atom. The topological polar surface area (TPSA) is 104 Å². The van der Waals surface area contributed by atoms with Gasteiger partial charge >= 0.3 is 0 Å². The van der Waals surface area contributed by atoms with E-state index >= 15 is 0 Å². The number of hydrogen-bond donors (Lipinski definition) is 3. The van der Waals surface area contributed by atoms with Crippen molar-refractivity contribution in [1.29, 1.82) is 0 Å². The third-order valence-corrected chi connectivity index (χ3v) is 8.81. The van der Waals surface area contributed by atoms with Crippen LogP contribution in [0.25, 0.3) is 0 Å². The Hall–Kier alpha value is -2.71. The summed E-state index contributed by atoms with van der Waals surface area (Å²) in [6.07, 6.45) is 4.90. The average Bonchev–Trinajstić information content (AvgIpc) is 3.37. The third kappa shape index (κ3) is 3.56. The molecule has 0 radical (unpaired) electrons. The van der Waals surface area contributed by atoms with Crippen LogP contribution in [-0.4, -0.2) is 20.2 Å². The molecule has 5 rings (SSSR count). The smallest absolute Gasteiger partial charge is 0.265 e. The van der Waals surface area contributed by atoms with Gasteiger partial charge in [-0.05, 0) is 74.8 Å². The van der Waals surface area contributed by atoms with E-state index in [0.29, 0.717) is 11.1 Å². The number of fused-ring (bicyclic) bond motifs is 3. The molecule has 0 spiro atoms. The molecule has 174 valence electrons. The van der Waals surface area contributed by atoms with E-state index in [-0.39, 0.29) is 16.1 Å². The van der Waals surface area contributed by atoms with Gasteiger partial charge in [0.25, 0.3) is 5.91 Å². The highest BCUT2D eigenvalue weighted by atomic mass is 32.2. The number of hydrogen-bond acceptors (Lipinski definition) is 6. The number of pyridine rings is 1. The van der Waals surface area contributed by atoms with Crippen molar-refractivity contribution in [2.75, 3.05) is 5.32 Å². The Bertz CT molecular complexity index is 1340. The van der Waals surface area contributed by atoms with Crippen LogP contribution in [-0.2, 0) is 40.2 Å². The molecule has 3 N–H and O–H groups in total. The van der Waals surface area contributed by atoms with Crippen LogP contribution in [0.4, 0.5) is 5.69 Å². The van der Waals surface area contributed by atoms with Gasteiger partial charge in [0, 0.05) is 16.8 Å². The third-order valence-electron chi connectivity index (χ3n) is 6.94. The molecule has 8 heteroatoms. The van der Waals surface area contributed by atoms with Gasteiger partial charge in [-0.2, -0.15) is 4.36 Å². The minimum absolute atomic E-state index is 0.0126. The first-order valence-corrected chi connectivity index (χ1v) is 12.9. The van der Waals surface area contributed by atoms with E-state index in [0.717, 1.165) is 49.2 Å². The highest BCUT2D eigenvalue weighted by Crippen LogP contribution is 2.44. The van der Waals surface area contributed by atoms with Crippen LogP contribution < -0.4 is 10.0 Å². The van der Waals surface area contributed by atoms with Crippen molar-refractivity contribution in [3.05, 3.63) is 64.2 Å². The molecule has 1 amide bonds. The summed E-state index contributed by atoms with van der Waals surface area (Å²) in [5.41, 5.74) is 5.35. The van der Waals surface area contributed by atoms with E-state index in [1.807, 2.05) is 0 Å². The minimum Gasteiger partial charge on any atom is -0.386 e. The molecule has 1 atom stereocenters. The number of amides is 1. The molecule has 0 saturated heterocycles. The fourth-order valence-corrected chi connectivity index (χ4v) is 6.80. The summed E-state index contributed by atoms with van der Waals surface area (Å²) in [4.78, 5) is 17.8. The standard InChI is InChI=1S/C25H30N4O3S/c1-14(26-21-16-7-6-8-19(16)27-22-18(21)11-12-24(22,2)3)28-33(32)20-13-15(25(4,5)31)9-10-17(20)23(30)29-33/h9-10,13,31H,1,6-8,11-12H2,2-5H3,(H,26,27)(H,28,29,30,32). The van der Waals surface area contributed by atoms with Crippen molar-refractivity contribution in [1.82, 2.24) is 9.71 Å². The maximum atomic E-state index is 13.8. The van der Waals surface area contributed by atoms with Gasteiger partial charge in [-0.25, -0.2) is 4.21 Å². The van der Waals surface area contributed by atoms with Crippen LogP contribution >= 0.6 is 0 Å². The number of carbonyl (C=O) groups excluding carboxylic acids is 1. The Morgan fingerprint density at radius 1 is 1.27 bits per heavy atom. The predicted octanol–water partition coefficient (Wildman–Crippen LogP) is 4.09. The first-order valence-electron chi connectivity index (χ1n) is 11.4. The Morgan fingerprint density at radius 3 is 2.76 bits per heavy atom. The average molecular weight is 467 g/mol. The molecule has 3 aliphatic rings. The van der Waals surface area contributed by atoms with Gasteiger partial charge in [-0.15, -0.1) is 0 Å². The number of benzene rings is 1. The molecule has 1 unspecified atom stereocenters. The van der Waals surface area contributed by atoms with Crippen molar-refractivity contribution in [3.63, 3.8) is 0 Å². The Balaban J connectivity index is 1.56. The van der Waals surface area contributed by atoms with Gasteiger partial charge in [0.1, 0.15) is 5.82 Å². The summed E-state index contributed by atoms with van der Waals surface area (Å²) in [6.45, 7) is 11.8. The largest absolute Gasteiger partial charge is 0.386 e. The second kappa shape index (κ2) is 7.14. The van der Waals surface area contributed by atoms with Gasteiger partial charge in [0.15, 0.2) is 9.92 Å². The molecule has 0 bridgehead atoms. The zero-order chi connectivity index (χ0) is 23.8. The summed E-state index contributed by atoms with van der Waals surface area (Å²) < 4.78 is 20.7. The molecule has 0 fully saturated rings. The first kappa shape index (κ1) is 22.1. The van der Waals surface area contributed by atoms with Gasteiger partial charge in [-0.1, -0.05) is 26.5 Å². The van der Waals surface area contributed by atoms with Gasteiger partial charge < -0.3 is 10.4 Å². The fraction of sp³-hybridized carbons (Fsp3) is 0.440. The summed E-state index contributed by atoms with van der Waals surface area (Å²) in [6, 6.07) is 4.85. The van der Waals surface area contributed by atoms with Crippen LogP contribution in [0, 0.1) is 0 Å². The molecular weight excluding hydrogens is 436 g/mol. The number of anilines is 1. The molecule has 2 aromatic rings. The Labute approximate surface area is 195 Å². The number of aliphatic hydroxyl groups is 1. The lowest BCUT2D eigenvalue weighted by Gasteiger charge is -2.21. The van der Waals surface area contributed by atoms with Gasteiger partial charge in [0.2, 0.25) is 0 Å². The molecule has 0 saturated carbocycles. The molecule has 1 aromatic carbocycles. The van der Waals surface area contributed by atoms with Crippen molar-refractivity contribution >= 4 is 21.5 Å². The second-order valence-electron chi connectivity index (χ2n) is 10.4. The zero-order valence-corrected chi connectivity index (χ0v) is 20.4. The molecule has 7 nitrogen and oxygen atoms in total. The molecule has 33 heavy (non-hydrogen) atoms. The number of rotatable bonds is 4. The van der Waals surface area contributed by atoms with Crippen molar-refractivity contribution in [3.8, 4) is 0 Å². The Kier molecular flexibility index (Phi) is 4.78. The number of carbonyl (C=O) groups is 1. The van der Waals surface area contributed by atoms with E-state index in [2.05, 4.69) is 34.8 Å². The van der Waals surface area contributed by atoms with E-state index in [1.54, 1.807) is 32.0 Å². The summed E-state index contributed by atoms with van der Waals surface area (Å²) in [5, 5.41) is 13.7. The van der Waals surface area contributed by atoms with Crippen LogP contribution in [0.15, 0.2) is 39.9 Å². The summed E-state index contributed by atoms with van der Waals surface area (Å²) in [5.74, 6) is -0.213. The van der Waals surface area contributed by atoms with Crippen LogP contribution in [0.3, 0.4) is 0 Å². The molecular formula is C25H30N4O3S. The molecule has 1 aliphatic heterocycles.